The van der Waals surface area contributed by atoms with E-state index >= 15 is 0 Å². The van der Waals surface area contributed by atoms with Gasteiger partial charge in [0.2, 0.25) is 0 Å². The summed E-state index contributed by atoms with van der Waals surface area (Å²) in [5.74, 6) is 0.983. The zero-order chi connectivity index (χ0) is 19.1. The summed E-state index contributed by atoms with van der Waals surface area (Å²) < 4.78 is 10.6. The van der Waals surface area contributed by atoms with Gasteiger partial charge >= 0.3 is 0 Å². The van der Waals surface area contributed by atoms with E-state index < -0.39 is 0 Å². The molecule has 27 heavy (non-hydrogen) atoms. The van der Waals surface area contributed by atoms with Crippen molar-refractivity contribution in [3.8, 4) is 11.5 Å². The lowest BCUT2D eigenvalue weighted by molar-refractivity contribution is -0.111. The van der Waals surface area contributed by atoms with Crippen molar-refractivity contribution in [1.82, 2.24) is 0 Å². The maximum Gasteiger partial charge on any atom is 0.256 e. The Labute approximate surface area is 159 Å². The van der Waals surface area contributed by atoms with Crippen molar-refractivity contribution in [3.05, 3.63) is 90.0 Å². The molecule has 0 unspecified atom stereocenters. The van der Waals surface area contributed by atoms with Gasteiger partial charge in [-0.2, -0.15) is 0 Å². The molecule has 0 aliphatic rings. The number of methoxy groups -OCH3 is 2. The van der Waals surface area contributed by atoms with Crippen molar-refractivity contribution < 1.29 is 14.3 Å². The van der Waals surface area contributed by atoms with Crippen LogP contribution in [0.25, 0.3) is 11.6 Å². The first-order chi connectivity index (χ1) is 13.2. The molecule has 4 nitrogen and oxygen atoms in total. The molecule has 0 heterocycles. The molecule has 3 rings (SSSR count). The molecule has 136 valence electrons. The van der Waals surface area contributed by atoms with Gasteiger partial charge in [-0.25, -0.2) is 0 Å². The first kappa shape index (κ1) is 18.3. The maximum absolute atomic E-state index is 13.1. The summed E-state index contributed by atoms with van der Waals surface area (Å²) in [4.78, 5) is 13.1. The van der Waals surface area contributed by atoms with Gasteiger partial charge in [-0.3, -0.25) is 4.79 Å². The van der Waals surface area contributed by atoms with Gasteiger partial charge in [-0.15, -0.1) is 0 Å². The molecule has 0 aliphatic heterocycles. The Bertz CT molecular complexity index is 934. The number of carbonyl (C=O) groups is 1. The van der Waals surface area contributed by atoms with E-state index in [1.165, 1.54) is 0 Å². The highest BCUT2D eigenvalue weighted by atomic mass is 16.5. The average molecular weight is 359 g/mol. The SMILES string of the molecule is COc1ccc(NC(=O)/C(=C/c2ccccc2)c2ccccc2)c(OC)c1. The fourth-order valence-corrected chi connectivity index (χ4v) is 2.71. The lowest BCUT2D eigenvalue weighted by Crippen LogP contribution is -2.14. The van der Waals surface area contributed by atoms with Crippen LogP contribution in [0.1, 0.15) is 11.1 Å². The molecule has 1 amide bonds. The van der Waals surface area contributed by atoms with E-state index in [9.17, 15) is 4.79 Å². The number of nitrogens with one attached hydrogen (secondary N) is 1. The fourth-order valence-electron chi connectivity index (χ4n) is 2.71. The van der Waals surface area contributed by atoms with Gasteiger partial charge in [-0.1, -0.05) is 60.7 Å². The Balaban J connectivity index is 1.96. The average Bonchev–Trinajstić information content (AvgIpc) is 2.73. The van der Waals surface area contributed by atoms with E-state index in [0.717, 1.165) is 11.1 Å². The molecule has 3 aromatic carbocycles. The number of amides is 1. The van der Waals surface area contributed by atoms with Gasteiger partial charge in [0.05, 0.1) is 19.9 Å². The van der Waals surface area contributed by atoms with E-state index in [4.69, 9.17) is 9.47 Å². The number of benzene rings is 3. The number of hydrogen-bond acceptors (Lipinski definition) is 3. The second-order valence-electron chi connectivity index (χ2n) is 5.86. The summed E-state index contributed by atoms with van der Waals surface area (Å²) in [5, 5.41) is 2.94. The normalized spacial score (nSPS) is 11.0. The van der Waals surface area contributed by atoms with Gasteiger partial charge in [0, 0.05) is 11.6 Å². The smallest absolute Gasteiger partial charge is 0.256 e. The molecule has 4 heteroatoms. The number of anilines is 1. The summed E-state index contributed by atoms with van der Waals surface area (Å²) in [6.07, 6.45) is 1.88. The highest BCUT2D eigenvalue weighted by Gasteiger charge is 2.15. The lowest BCUT2D eigenvalue weighted by Gasteiger charge is -2.13. The van der Waals surface area contributed by atoms with E-state index in [-0.39, 0.29) is 5.91 Å². The van der Waals surface area contributed by atoms with E-state index in [2.05, 4.69) is 5.32 Å². The Morgan fingerprint density at radius 1 is 0.852 bits per heavy atom. The molecular formula is C23H21NO3. The summed E-state index contributed by atoms with van der Waals surface area (Å²) in [5.41, 5.74) is 2.94. The van der Waals surface area contributed by atoms with Crippen molar-refractivity contribution >= 4 is 23.2 Å². The van der Waals surface area contributed by atoms with Crippen molar-refractivity contribution in [2.45, 2.75) is 0 Å². The zero-order valence-corrected chi connectivity index (χ0v) is 15.3. The van der Waals surface area contributed by atoms with Crippen LogP contribution < -0.4 is 14.8 Å². The third-order valence-electron chi connectivity index (χ3n) is 4.10. The monoisotopic (exact) mass is 359 g/mol. The second kappa shape index (κ2) is 8.72. The summed E-state index contributed by atoms with van der Waals surface area (Å²) in [7, 11) is 3.14. The van der Waals surface area contributed by atoms with Gasteiger partial charge in [0.1, 0.15) is 11.5 Å². The minimum atomic E-state index is -0.214. The highest BCUT2D eigenvalue weighted by Crippen LogP contribution is 2.30. The highest BCUT2D eigenvalue weighted by molar-refractivity contribution is 6.29. The van der Waals surface area contributed by atoms with Gasteiger partial charge in [0.25, 0.3) is 5.91 Å². The molecular weight excluding hydrogens is 338 g/mol. The topological polar surface area (TPSA) is 47.6 Å². The Morgan fingerprint density at radius 2 is 1.52 bits per heavy atom. The molecule has 0 aliphatic carbocycles. The first-order valence-corrected chi connectivity index (χ1v) is 8.57. The molecule has 0 aromatic heterocycles. The number of ether oxygens (including phenoxy) is 2. The van der Waals surface area contributed by atoms with Crippen LogP contribution >= 0.6 is 0 Å². The van der Waals surface area contributed by atoms with Crippen LogP contribution in [-0.4, -0.2) is 20.1 Å². The second-order valence-corrected chi connectivity index (χ2v) is 5.86. The van der Waals surface area contributed by atoms with Crippen molar-refractivity contribution in [2.75, 3.05) is 19.5 Å². The predicted molar refractivity (Wildman–Crippen MR) is 109 cm³/mol. The summed E-state index contributed by atoms with van der Waals surface area (Å²) >= 11 is 0. The largest absolute Gasteiger partial charge is 0.497 e. The van der Waals surface area contributed by atoms with Gasteiger partial charge in [-0.05, 0) is 29.3 Å². The van der Waals surface area contributed by atoms with Crippen LogP contribution in [0.2, 0.25) is 0 Å². The van der Waals surface area contributed by atoms with Crippen molar-refractivity contribution in [2.24, 2.45) is 0 Å². The molecule has 0 saturated carbocycles. The lowest BCUT2D eigenvalue weighted by atomic mass is 10.0. The van der Waals surface area contributed by atoms with Crippen molar-refractivity contribution in [3.63, 3.8) is 0 Å². The molecule has 0 atom stereocenters. The standard InChI is InChI=1S/C23H21NO3/c1-26-19-13-14-21(22(16-19)27-2)24-23(25)20(18-11-7-4-8-12-18)15-17-9-5-3-6-10-17/h3-16H,1-2H3,(H,24,25)/b20-15+. The quantitative estimate of drug-likeness (QED) is 0.504. The van der Waals surface area contributed by atoms with Gasteiger partial charge in [0.15, 0.2) is 0 Å². The van der Waals surface area contributed by atoms with Crippen molar-refractivity contribution in [1.29, 1.82) is 0 Å². The van der Waals surface area contributed by atoms with Crippen LogP contribution in [0.15, 0.2) is 78.9 Å². The minimum absolute atomic E-state index is 0.214. The zero-order valence-electron chi connectivity index (χ0n) is 15.3. The number of hydrogen-bond donors (Lipinski definition) is 1. The molecule has 0 radical (unpaired) electrons. The van der Waals surface area contributed by atoms with E-state index in [0.29, 0.717) is 22.8 Å². The van der Waals surface area contributed by atoms with Crippen LogP contribution in [0.3, 0.4) is 0 Å². The maximum atomic E-state index is 13.1. The van der Waals surface area contributed by atoms with Gasteiger partial charge < -0.3 is 14.8 Å². The molecule has 1 N–H and O–H groups in total. The van der Waals surface area contributed by atoms with Crippen LogP contribution in [-0.2, 0) is 4.79 Å². The molecule has 0 spiro atoms. The van der Waals surface area contributed by atoms with Crippen LogP contribution in [0.5, 0.6) is 11.5 Å². The Kier molecular flexibility index (Phi) is 5.90. The minimum Gasteiger partial charge on any atom is -0.497 e. The van der Waals surface area contributed by atoms with E-state index in [1.54, 1.807) is 32.4 Å². The van der Waals surface area contributed by atoms with Crippen LogP contribution in [0, 0.1) is 0 Å². The summed E-state index contributed by atoms with van der Waals surface area (Å²) in [6.45, 7) is 0. The number of rotatable bonds is 6. The third kappa shape index (κ3) is 4.55. The van der Waals surface area contributed by atoms with E-state index in [1.807, 2.05) is 66.7 Å². The molecule has 0 fully saturated rings. The van der Waals surface area contributed by atoms with Crippen LogP contribution in [0.4, 0.5) is 5.69 Å². The molecule has 0 saturated heterocycles. The molecule has 3 aromatic rings. The first-order valence-electron chi connectivity index (χ1n) is 8.57. The molecule has 0 bridgehead atoms. The number of carbonyl (C=O) groups excluding carboxylic acids is 1. The predicted octanol–water partition coefficient (Wildman–Crippen LogP) is 4.88. The fraction of sp³-hybridized carbons (Fsp3) is 0.0870. The Morgan fingerprint density at radius 3 is 2.15 bits per heavy atom. The third-order valence-corrected chi connectivity index (χ3v) is 4.10. The summed E-state index contributed by atoms with van der Waals surface area (Å²) in [6, 6.07) is 24.6. The Hall–Kier alpha value is -3.53.